The minimum Gasteiger partial charge on any atom is -0.497 e. The van der Waals surface area contributed by atoms with Gasteiger partial charge in [-0.15, -0.1) is 12.4 Å². The second-order valence-corrected chi connectivity index (χ2v) is 6.68. The Morgan fingerprint density at radius 1 is 1.38 bits per heavy atom. The van der Waals surface area contributed by atoms with Crippen molar-refractivity contribution in [2.45, 2.75) is 44.4 Å². The number of rotatable bonds is 3. The number of fused-ring (bicyclic) bond motifs is 3. The molecule has 1 aromatic rings. The summed E-state index contributed by atoms with van der Waals surface area (Å²) in [6.45, 7) is 4.82. The first-order chi connectivity index (χ1) is 9.69. The fourth-order valence-corrected chi connectivity index (χ4v) is 4.56. The molecule has 0 N–H and O–H groups in total. The summed E-state index contributed by atoms with van der Waals surface area (Å²) in [4.78, 5) is 2.52. The van der Waals surface area contributed by atoms with Crippen molar-refractivity contribution in [1.82, 2.24) is 4.90 Å². The molecule has 0 unspecified atom stereocenters. The van der Waals surface area contributed by atoms with Crippen LogP contribution in [0.3, 0.4) is 0 Å². The van der Waals surface area contributed by atoms with Gasteiger partial charge in [0.2, 0.25) is 0 Å². The van der Waals surface area contributed by atoms with E-state index in [2.05, 4.69) is 37.1 Å². The van der Waals surface area contributed by atoms with Crippen LogP contribution in [0.5, 0.6) is 5.75 Å². The average Bonchev–Trinajstić information content (AvgIpc) is 2.47. The van der Waals surface area contributed by atoms with Gasteiger partial charge in [0.05, 0.1) is 7.11 Å². The lowest BCUT2D eigenvalue weighted by Crippen LogP contribution is -2.51. The zero-order valence-corrected chi connectivity index (χ0v) is 14.3. The number of likely N-dealkylation sites (tertiary alicyclic amines) is 1. The number of hydrogen-bond donors (Lipinski definition) is 0. The summed E-state index contributed by atoms with van der Waals surface area (Å²) in [5, 5.41) is 0. The van der Waals surface area contributed by atoms with Crippen molar-refractivity contribution in [3.63, 3.8) is 0 Å². The van der Waals surface area contributed by atoms with Crippen LogP contribution in [0.1, 0.15) is 43.7 Å². The SMILES string of the molecule is CCC[C@]12CCN(C)C[C@H]1CCc1ccc(OC)cc12.Cl. The molecule has 1 heterocycles. The van der Waals surface area contributed by atoms with Gasteiger partial charge in [-0.25, -0.2) is 0 Å². The zero-order chi connectivity index (χ0) is 14.2. The number of piperidine rings is 1. The molecular weight excluding hydrogens is 282 g/mol. The second kappa shape index (κ2) is 6.58. The number of halogens is 1. The Labute approximate surface area is 135 Å². The molecule has 1 saturated heterocycles. The van der Waals surface area contributed by atoms with Crippen molar-refractivity contribution in [3.8, 4) is 5.75 Å². The summed E-state index contributed by atoms with van der Waals surface area (Å²) in [6.07, 6.45) is 6.50. The van der Waals surface area contributed by atoms with E-state index in [1.54, 1.807) is 18.2 Å². The van der Waals surface area contributed by atoms with E-state index in [0.29, 0.717) is 5.41 Å². The topological polar surface area (TPSA) is 12.5 Å². The van der Waals surface area contributed by atoms with Crippen LogP contribution in [0, 0.1) is 5.92 Å². The van der Waals surface area contributed by atoms with Gasteiger partial charge < -0.3 is 9.64 Å². The Morgan fingerprint density at radius 3 is 2.90 bits per heavy atom. The van der Waals surface area contributed by atoms with Crippen LogP contribution in [0.15, 0.2) is 18.2 Å². The van der Waals surface area contributed by atoms with Crippen molar-refractivity contribution in [2.75, 3.05) is 27.2 Å². The number of ether oxygens (including phenoxy) is 1. The molecule has 1 aromatic carbocycles. The maximum atomic E-state index is 5.49. The molecule has 2 atom stereocenters. The predicted octanol–water partition coefficient (Wildman–Crippen LogP) is 4.05. The number of aryl methyl sites for hydroxylation is 1. The molecule has 0 aromatic heterocycles. The van der Waals surface area contributed by atoms with Gasteiger partial charge in [0.1, 0.15) is 5.75 Å². The van der Waals surface area contributed by atoms with Gasteiger partial charge in [-0.05, 0) is 68.5 Å². The Hall–Kier alpha value is -0.730. The Kier molecular flexibility index (Phi) is 5.21. The molecule has 2 nitrogen and oxygen atoms in total. The molecule has 1 fully saturated rings. The fourth-order valence-electron chi connectivity index (χ4n) is 4.56. The Bertz CT molecular complexity index is 490. The molecule has 0 radical (unpaired) electrons. The van der Waals surface area contributed by atoms with Gasteiger partial charge in [0.25, 0.3) is 0 Å². The van der Waals surface area contributed by atoms with Gasteiger partial charge in [-0.3, -0.25) is 0 Å². The van der Waals surface area contributed by atoms with Crippen LogP contribution in [0.4, 0.5) is 0 Å². The molecule has 2 aliphatic rings. The van der Waals surface area contributed by atoms with E-state index in [1.807, 2.05) is 0 Å². The van der Waals surface area contributed by atoms with Crippen LogP contribution in [0.2, 0.25) is 0 Å². The predicted molar refractivity (Wildman–Crippen MR) is 90.8 cm³/mol. The first-order valence-electron chi connectivity index (χ1n) is 8.05. The number of methoxy groups -OCH3 is 1. The third kappa shape index (κ3) is 2.80. The summed E-state index contributed by atoms with van der Waals surface area (Å²) in [5.74, 6) is 1.85. The van der Waals surface area contributed by atoms with E-state index in [-0.39, 0.29) is 12.4 Å². The summed E-state index contributed by atoms with van der Waals surface area (Å²) in [7, 11) is 4.06. The van der Waals surface area contributed by atoms with Crippen LogP contribution < -0.4 is 4.74 Å². The molecular formula is C18H28ClNO. The van der Waals surface area contributed by atoms with Crippen LogP contribution in [-0.4, -0.2) is 32.1 Å². The largest absolute Gasteiger partial charge is 0.497 e. The third-order valence-corrected chi connectivity index (χ3v) is 5.56. The minimum absolute atomic E-state index is 0. The molecule has 0 spiro atoms. The van der Waals surface area contributed by atoms with E-state index in [1.165, 1.54) is 45.2 Å². The Balaban J connectivity index is 0.00000161. The molecule has 118 valence electrons. The van der Waals surface area contributed by atoms with Gasteiger partial charge in [-0.2, -0.15) is 0 Å². The zero-order valence-electron chi connectivity index (χ0n) is 13.5. The second-order valence-electron chi connectivity index (χ2n) is 6.68. The fraction of sp³-hybridized carbons (Fsp3) is 0.667. The van der Waals surface area contributed by atoms with Crippen molar-refractivity contribution in [1.29, 1.82) is 0 Å². The quantitative estimate of drug-likeness (QED) is 0.835. The van der Waals surface area contributed by atoms with E-state index < -0.39 is 0 Å². The highest BCUT2D eigenvalue weighted by molar-refractivity contribution is 5.85. The van der Waals surface area contributed by atoms with Gasteiger partial charge in [0.15, 0.2) is 0 Å². The first kappa shape index (κ1) is 16.6. The summed E-state index contributed by atoms with van der Waals surface area (Å²) in [5.41, 5.74) is 3.58. The number of benzene rings is 1. The van der Waals surface area contributed by atoms with Gasteiger partial charge in [-0.1, -0.05) is 19.4 Å². The highest BCUT2D eigenvalue weighted by Crippen LogP contribution is 2.50. The maximum absolute atomic E-state index is 5.49. The van der Waals surface area contributed by atoms with E-state index >= 15 is 0 Å². The van der Waals surface area contributed by atoms with Crippen LogP contribution in [-0.2, 0) is 11.8 Å². The van der Waals surface area contributed by atoms with E-state index in [4.69, 9.17) is 4.74 Å². The van der Waals surface area contributed by atoms with Gasteiger partial charge >= 0.3 is 0 Å². The highest BCUT2D eigenvalue weighted by Gasteiger charge is 2.45. The molecule has 3 heteroatoms. The Morgan fingerprint density at radius 2 is 2.19 bits per heavy atom. The van der Waals surface area contributed by atoms with E-state index in [0.717, 1.165) is 11.7 Å². The molecule has 1 aliphatic carbocycles. The van der Waals surface area contributed by atoms with E-state index in [9.17, 15) is 0 Å². The maximum Gasteiger partial charge on any atom is 0.119 e. The smallest absolute Gasteiger partial charge is 0.119 e. The summed E-state index contributed by atoms with van der Waals surface area (Å²) in [6, 6.07) is 6.77. The highest BCUT2D eigenvalue weighted by atomic mass is 35.5. The molecule has 21 heavy (non-hydrogen) atoms. The lowest BCUT2D eigenvalue weighted by atomic mass is 9.58. The summed E-state index contributed by atoms with van der Waals surface area (Å²) >= 11 is 0. The molecule has 0 bridgehead atoms. The molecule has 0 saturated carbocycles. The van der Waals surface area contributed by atoms with Gasteiger partial charge in [0, 0.05) is 12.0 Å². The summed E-state index contributed by atoms with van der Waals surface area (Å²) < 4.78 is 5.49. The average molecular weight is 310 g/mol. The molecule has 0 amide bonds. The minimum atomic E-state index is 0. The van der Waals surface area contributed by atoms with Crippen molar-refractivity contribution < 1.29 is 4.74 Å². The first-order valence-corrected chi connectivity index (χ1v) is 8.05. The lowest BCUT2D eigenvalue weighted by molar-refractivity contribution is 0.0856. The monoisotopic (exact) mass is 309 g/mol. The lowest BCUT2D eigenvalue weighted by Gasteiger charge is -2.51. The van der Waals surface area contributed by atoms with Crippen LogP contribution in [0.25, 0.3) is 0 Å². The molecule has 1 aliphatic heterocycles. The third-order valence-electron chi connectivity index (χ3n) is 5.56. The number of hydrogen-bond acceptors (Lipinski definition) is 2. The molecule has 3 rings (SSSR count). The number of nitrogens with zero attached hydrogens (tertiary/aromatic N) is 1. The van der Waals surface area contributed by atoms with Crippen molar-refractivity contribution in [2.24, 2.45) is 5.92 Å². The standard InChI is InChI=1S/C18H27NO.ClH/c1-4-9-18-10-11-19(2)13-15(18)7-5-14-6-8-16(20-3)12-17(14)18;/h6,8,12,15H,4-5,7,9-11,13H2,1-3H3;1H/t15-,18+;/m1./s1. The van der Waals surface area contributed by atoms with Crippen molar-refractivity contribution >= 4 is 12.4 Å². The van der Waals surface area contributed by atoms with Crippen LogP contribution >= 0.6 is 12.4 Å². The van der Waals surface area contributed by atoms with Crippen molar-refractivity contribution in [3.05, 3.63) is 29.3 Å². The normalized spacial score (nSPS) is 28.2.